The van der Waals surface area contributed by atoms with Crippen molar-refractivity contribution in [3.05, 3.63) is 62.8 Å². The van der Waals surface area contributed by atoms with Crippen LogP contribution in [0.5, 0.6) is 0 Å². The molecule has 1 heterocycles. The van der Waals surface area contributed by atoms with Gasteiger partial charge in [-0.15, -0.1) is 0 Å². The van der Waals surface area contributed by atoms with Crippen LogP contribution < -0.4 is 10.6 Å². The van der Waals surface area contributed by atoms with E-state index in [1.807, 2.05) is 32.1 Å². The second-order valence-electron chi connectivity index (χ2n) is 6.39. The van der Waals surface area contributed by atoms with Gasteiger partial charge in [-0.05, 0) is 56.9 Å². The van der Waals surface area contributed by atoms with Crippen molar-refractivity contribution in [3.8, 4) is 0 Å². The Morgan fingerprint density at radius 2 is 1.96 bits per heavy atom. The summed E-state index contributed by atoms with van der Waals surface area (Å²) in [5, 5.41) is 9.24. The van der Waals surface area contributed by atoms with E-state index in [9.17, 15) is 4.79 Å². The molecule has 0 amide bonds. The molecule has 3 nitrogen and oxygen atoms in total. The molecule has 0 aliphatic carbocycles. The Morgan fingerprint density at radius 1 is 1.35 bits per heavy atom. The molecule has 0 aliphatic heterocycles. The number of carbonyl (C=O) groups excluding carboxylic acids is 1. The molecule has 0 fully saturated rings. The number of benzene rings is 1. The minimum absolute atomic E-state index is 0.0486. The van der Waals surface area contributed by atoms with Gasteiger partial charge in [0, 0.05) is 15.8 Å². The van der Waals surface area contributed by atoms with Gasteiger partial charge in [0.1, 0.15) is 0 Å². The van der Waals surface area contributed by atoms with Crippen LogP contribution in [0.25, 0.3) is 12.7 Å². The number of aromatic nitrogens is 2. The van der Waals surface area contributed by atoms with Crippen LogP contribution in [-0.2, 0) is 4.79 Å². The fourth-order valence-electron chi connectivity index (χ4n) is 2.62. The number of Topliss-reactive ketones (excluding diaryl/α,β-unsaturated/α-hetero) is 1. The molecule has 1 N–H and O–H groups in total. The van der Waals surface area contributed by atoms with Gasteiger partial charge < -0.3 is 0 Å². The third-order valence-corrected chi connectivity index (χ3v) is 4.50. The number of nitrogens with zero attached hydrogens (tertiary/aromatic N) is 1. The van der Waals surface area contributed by atoms with Gasteiger partial charge in [0.15, 0.2) is 5.78 Å². The third-order valence-electron chi connectivity index (χ3n) is 4.25. The topological polar surface area (TPSA) is 45.8 Å². The number of nitrogens with one attached hydrogen (secondary N) is 1. The predicted molar refractivity (Wildman–Crippen MR) is 112 cm³/mol. The van der Waals surface area contributed by atoms with Crippen LogP contribution in [0.4, 0.5) is 0 Å². The summed E-state index contributed by atoms with van der Waals surface area (Å²) in [7, 11) is 0. The van der Waals surface area contributed by atoms with Gasteiger partial charge >= 0.3 is 0 Å². The molecule has 4 heteroatoms. The number of H-pyrrole nitrogens is 1. The number of aromatic amines is 1. The molecular formula is C22H29ClN2O. The summed E-state index contributed by atoms with van der Waals surface area (Å²) >= 11 is 5.79. The second kappa shape index (κ2) is 10.8. The molecule has 1 aromatic heterocycles. The molecule has 1 aromatic carbocycles. The molecule has 0 saturated carbocycles. The lowest BCUT2D eigenvalue weighted by molar-refractivity contribution is -0.113. The Labute approximate surface area is 161 Å². The summed E-state index contributed by atoms with van der Waals surface area (Å²) in [6, 6.07) is 8.15. The number of halogens is 1. The van der Waals surface area contributed by atoms with Crippen molar-refractivity contribution in [1.82, 2.24) is 10.2 Å². The highest BCUT2D eigenvalue weighted by Gasteiger charge is 2.03. The lowest BCUT2D eigenvalue weighted by atomic mass is 9.97. The van der Waals surface area contributed by atoms with Crippen molar-refractivity contribution in [2.75, 3.05) is 0 Å². The first-order valence-electron chi connectivity index (χ1n) is 8.94. The van der Waals surface area contributed by atoms with Crippen molar-refractivity contribution in [2.24, 2.45) is 0 Å². The van der Waals surface area contributed by atoms with E-state index in [-0.39, 0.29) is 5.78 Å². The van der Waals surface area contributed by atoms with E-state index in [4.69, 9.17) is 11.6 Å². The first kappa shape index (κ1) is 21.9. The maximum atomic E-state index is 11.2. The molecule has 2 aromatic rings. The van der Waals surface area contributed by atoms with Crippen LogP contribution in [0.1, 0.15) is 57.7 Å². The molecule has 0 radical (unpaired) electrons. The monoisotopic (exact) mass is 372 g/mol. The molecule has 0 bridgehead atoms. The molecule has 0 saturated heterocycles. The zero-order valence-electron chi connectivity index (χ0n) is 16.4. The van der Waals surface area contributed by atoms with Gasteiger partial charge in [-0.1, -0.05) is 56.7 Å². The molecular weight excluding hydrogens is 344 g/mol. The van der Waals surface area contributed by atoms with E-state index in [0.29, 0.717) is 11.5 Å². The van der Waals surface area contributed by atoms with Crippen LogP contribution in [0.2, 0.25) is 5.02 Å². The number of allylic oxidation sites excluding steroid dienone is 2. The first-order valence-corrected chi connectivity index (χ1v) is 9.32. The molecule has 0 spiro atoms. The highest BCUT2D eigenvalue weighted by atomic mass is 35.5. The first-order chi connectivity index (χ1) is 12.3. The lowest BCUT2D eigenvalue weighted by Crippen LogP contribution is -2.23. The quantitative estimate of drug-likeness (QED) is 0.774. The second-order valence-corrected chi connectivity index (χ2v) is 6.82. The van der Waals surface area contributed by atoms with E-state index < -0.39 is 0 Å². The van der Waals surface area contributed by atoms with Crippen molar-refractivity contribution in [1.29, 1.82) is 0 Å². The van der Waals surface area contributed by atoms with E-state index in [1.54, 1.807) is 13.0 Å². The molecule has 140 valence electrons. The summed E-state index contributed by atoms with van der Waals surface area (Å²) in [5.74, 6) is 0.708. The summed E-state index contributed by atoms with van der Waals surface area (Å²) in [6.07, 6.45) is 6.09. The average Bonchev–Trinajstić information content (AvgIpc) is 2.92. The largest absolute Gasteiger partial charge is 0.295 e. The third kappa shape index (κ3) is 6.64. The van der Waals surface area contributed by atoms with Gasteiger partial charge in [0.25, 0.3) is 0 Å². The maximum Gasteiger partial charge on any atom is 0.159 e. The van der Waals surface area contributed by atoms with Gasteiger partial charge in [-0.3, -0.25) is 9.89 Å². The Hall–Kier alpha value is -2.13. The van der Waals surface area contributed by atoms with Crippen LogP contribution in [0.15, 0.2) is 35.9 Å². The molecule has 26 heavy (non-hydrogen) atoms. The van der Waals surface area contributed by atoms with Gasteiger partial charge in [-0.2, -0.15) is 5.10 Å². The van der Waals surface area contributed by atoms with Crippen LogP contribution in [0, 0.1) is 6.92 Å². The number of hydrogen-bond donors (Lipinski definition) is 1. The molecule has 0 aliphatic rings. The van der Waals surface area contributed by atoms with Crippen molar-refractivity contribution in [3.63, 3.8) is 0 Å². The summed E-state index contributed by atoms with van der Waals surface area (Å²) < 4.78 is 0. The number of hydrogen-bond acceptors (Lipinski definition) is 2. The Bertz CT molecular complexity index is 847. The smallest absolute Gasteiger partial charge is 0.159 e. The number of rotatable bonds is 5. The SMILES string of the molecule is C=c1[nH]nc(C)/c1=C/C(=C\C)C(C)=O.CCCC(C)c1ccc(Cl)cc1. The molecule has 1 unspecified atom stereocenters. The fraction of sp³-hybridized carbons (Fsp3) is 0.364. The van der Waals surface area contributed by atoms with Crippen LogP contribution in [-0.4, -0.2) is 16.0 Å². The summed E-state index contributed by atoms with van der Waals surface area (Å²) in [6.45, 7) is 13.5. The van der Waals surface area contributed by atoms with Gasteiger partial charge in [-0.25, -0.2) is 0 Å². The standard InChI is InChI=1S/C11H15Cl.C11H14N2O/c1-3-4-9(2)10-5-7-11(12)8-6-10;1-5-10(9(4)14)6-11-7(2)12-13-8(11)3/h5-9H,3-4H2,1-2H3;5-6,12H,2H2,1,3-4H3/b;10-5+,11-6+. The van der Waals surface area contributed by atoms with Crippen molar-refractivity contribution < 1.29 is 4.79 Å². The van der Waals surface area contributed by atoms with Crippen molar-refractivity contribution in [2.45, 2.75) is 53.4 Å². The van der Waals surface area contributed by atoms with E-state index >= 15 is 0 Å². The summed E-state index contributed by atoms with van der Waals surface area (Å²) in [5.41, 5.74) is 2.93. The zero-order chi connectivity index (χ0) is 19.7. The minimum atomic E-state index is 0.0486. The van der Waals surface area contributed by atoms with Gasteiger partial charge in [0.2, 0.25) is 0 Å². The minimum Gasteiger partial charge on any atom is -0.295 e. The Kier molecular flexibility index (Phi) is 9.08. The predicted octanol–water partition coefficient (Wildman–Crippen LogP) is 4.69. The van der Waals surface area contributed by atoms with Gasteiger partial charge in [0.05, 0.1) is 11.0 Å². The highest BCUT2D eigenvalue weighted by Crippen LogP contribution is 2.21. The average molecular weight is 373 g/mol. The normalized spacial score (nSPS) is 13.2. The zero-order valence-corrected chi connectivity index (χ0v) is 17.2. The number of aryl methyl sites for hydroxylation is 1. The van der Waals surface area contributed by atoms with E-state index in [0.717, 1.165) is 21.3 Å². The molecule has 2 rings (SSSR count). The van der Waals surface area contributed by atoms with Crippen LogP contribution in [0.3, 0.4) is 0 Å². The highest BCUT2D eigenvalue weighted by molar-refractivity contribution is 6.30. The Balaban J connectivity index is 0.000000263. The fourth-order valence-corrected chi connectivity index (χ4v) is 2.74. The summed E-state index contributed by atoms with van der Waals surface area (Å²) in [4.78, 5) is 11.2. The Morgan fingerprint density at radius 3 is 2.38 bits per heavy atom. The molecule has 1 atom stereocenters. The van der Waals surface area contributed by atoms with Crippen molar-refractivity contribution >= 4 is 30.0 Å². The number of carbonyl (C=O) groups is 1. The lowest BCUT2D eigenvalue weighted by Gasteiger charge is -2.09. The maximum absolute atomic E-state index is 11.2. The van der Waals surface area contributed by atoms with E-state index in [1.165, 1.54) is 18.4 Å². The van der Waals surface area contributed by atoms with Crippen LogP contribution >= 0.6 is 11.6 Å². The van der Waals surface area contributed by atoms with E-state index in [2.05, 4.69) is 42.8 Å². The number of ketones is 1.